The van der Waals surface area contributed by atoms with E-state index in [1.165, 1.54) is 48.5 Å². The van der Waals surface area contributed by atoms with E-state index in [2.05, 4.69) is 0 Å². The number of benzene rings is 3. The van der Waals surface area contributed by atoms with Gasteiger partial charge in [0.25, 0.3) is 0 Å². The Kier molecular flexibility index (Phi) is 4.81. The predicted molar refractivity (Wildman–Crippen MR) is 87.7 cm³/mol. The van der Waals surface area contributed by atoms with E-state index in [0.717, 1.165) is 24.3 Å². The molecule has 25 heavy (non-hydrogen) atoms. The largest absolute Gasteiger partial charge is 0.462 e. The summed E-state index contributed by atoms with van der Waals surface area (Å²) >= 11 is 0. The minimum absolute atomic E-state index is 0.0657. The molecule has 3 nitrogen and oxygen atoms in total. The van der Waals surface area contributed by atoms with Crippen molar-refractivity contribution in [3.63, 3.8) is 0 Å². The van der Waals surface area contributed by atoms with E-state index in [1.54, 1.807) is 0 Å². The molecule has 0 aromatic heterocycles. The van der Waals surface area contributed by atoms with Crippen molar-refractivity contribution >= 4 is 12.9 Å². The first-order valence-corrected chi connectivity index (χ1v) is 8.75. The summed E-state index contributed by atoms with van der Waals surface area (Å²) < 4.78 is 64.3. The molecular formula is C18H12F3O3P. The van der Waals surface area contributed by atoms with Crippen LogP contribution in [0.1, 0.15) is 0 Å². The van der Waals surface area contributed by atoms with E-state index in [-0.39, 0.29) is 16.8 Å². The maximum atomic E-state index is 13.6. The van der Waals surface area contributed by atoms with Crippen LogP contribution in [0.15, 0.2) is 72.8 Å². The molecule has 0 heterocycles. The van der Waals surface area contributed by atoms with Gasteiger partial charge < -0.3 is 9.05 Å². The van der Waals surface area contributed by atoms with Crippen LogP contribution in [-0.4, -0.2) is 0 Å². The second kappa shape index (κ2) is 7.03. The summed E-state index contributed by atoms with van der Waals surface area (Å²) in [7, 11) is -4.16. The molecule has 3 aromatic rings. The fourth-order valence-electron chi connectivity index (χ4n) is 2.10. The molecule has 128 valence electrons. The molecular weight excluding hydrogens is 352 g/mol. The molecule has 0 saturated carbocycles. The van der Waals surface area contributed by atoms with Crippen molar-refractivity contribution in [1.29, 1.82) is 0 Å². The normalized spacial score (nSPS) is 11.2. The lowest BCUT2D eigenvalue weighted by atomic mass is 10.3. The van der Waals surface area contributed by atoms with Gasteiger partial charge in [-0.3, -0.25) is 0 Å². The molecule has 7 heteroatoms. The second-order valence-corrected chi connectivity index (χ2v) is 6.95. The standard InChI is InChI=1S/C18H12F3O3P/c19-13-4-1-7-16(10-13)23-25(22,18-9-3-6-15(21)12-18)24-17-8-2-5-14(20)11-17/h1-12H. The second-order valence-electron chi connectivity index (χ2n) is 5.07. The Balaban J connectivity index is 2.02. The smallest absolute Gasteiger partial charge is 0.413 e. The van der Waals surface area contributed by atoms with Crippen LogP contribution in [-0.2, 0) is 4.57 Å². The summed E-state index contributed by atoms with van der Waals surface area (Å²) in [6.07, 6.45) is 0. The third-order valence-corrected chi connectivity index (χ3v) is 4.98. The summed E-state index contributed by atoms with van der Waals surface area (Å²) in [5.41, 5.74) is 0. The van der Waals surface area contributed by atoms with E-state index in [0.29, 0.717) is 0 Å². The van der Waals surface area contributed by atoms with Gasteiger partial charge in [0.1, 0.15) is 29.0 Å². The molecule has 3 rings (SSSR count). The Morgan fingerprint density at radius 2 is 1.08 bits per heavy atom. The lowest BCUT2D eigenvalue weighted by molar-refractivity contribution is 0.397. The number of halogens is 3. The third kappa shape index (κ3) is 4.22. The van der Waals surface area contributed by atoms with E-state index < -0.39 is 25.0 Å². The Labute approximate surface area is 142 Å². The minimum atomic E-state index is -4.16. The van der Waals surface area contributed by atoms with Gasteiger partial charge in [-0.05, 0) is 42.5 Å². The molecule has 0 atom stereocenters. The average Bonchev–Trinajstić information content (AvgIpc) is 2.55. The topological polar surface area (TPSA) is 35.5 Å². The van der Waals surface area contributed by atoms with Crippen molar-refractivity contribution in [3.8, 4) is 11.5 Å². The van der Waals surface area contributed by atoms with E-state index in [9.17, 15) is 17.7 Å². The van der Waals surface area contributed by atoms with Crippen LogP contribution in [0.2, 0.25) is 0 Å². The van der Waals surface area contributed by atoms with Crippen molar-refractivity contribution in [2.24, 2.45) is 0 Å². The highest BCUT2D eigenvalue weighted by Gasteiger charge is 2.32. The molecule has 0 unspecified atom stereocenters. The van der Waals surface area contributed by atoms with Crippen molar-refractivity contribution in [2.45, 2.75) is 0 Å². The minimum Gasteiger partial charge on any atom is -0.413 e. The highest BCUT2D eigenvalue weighted by Crippen LogP contribution is 2.47. The summed E-state index contributed by atoms with van der Waals surface area (Å²) in [6.45, 7) is 0. The summed E-state index contributed by atoms with van der Waals surface area (Å²) in [5, 5.41) is -0.0824. The zero-order valence-electron chi connectivity index (χ0n) is 12.7. The highest BCUT2D eigenvalue weighted by molar-refractivity contribution is 7.63. The first-order valence-electron chi connectivity index (χ1n) is 7.21. The van der Waals surface area contributed by atoms with Crippen molar-refractivity contribution < 1.29 is 26.8 Å². The summed E-state index contributed by atoms with van der Waals surface area (Å²) in [5.74, 6) is -1.99. The molecule has 0 radical (unpaired) electrons. The summed E-state index contributed by atoms with van der Waals surface area (Å²) in [6, 6.07) is 14.7. The monoisotopic (exact) mass is 364 g/mol. The number of hydrogen-bond acceptors (Lipinski definition) is 3. The molecule has 0 bridgehead atoms. The maximum absolute atomic E-state index is 13.6. The molecule has 0 fully saturated rings. The first kappa shape index (κ1) is 17.1. The van der Waals surface area contributed by atoms with Gasteiger partial charge in [-0.25, -0.2) is 17.7 Å². The van der Waals surface area contributed by atoms with Gasteiger partial charge in [0.2, 0.25) is 0 Å². The molecule has 0 aliphatic carbocycles. The van der Waals surface area contributed by atoms with Crippen molar-refractivity contribution in [1.82, 2.24) is 0 Å². The Hall–Kier alpha value is -2.72. The van der Waals surface area contributed by atoms with Crippen molar-refractivity contribution in [2.75, 3.05) is 0 Å². The zero-order chi connectivity index (χ0) is 17.9. The van der Waals surface area contributed by atoms with Gasteiger partial charge in [0.15, 0.2) is 0 Å². The van der Waals surface area contributed by atoms with E-state index in [1.807, 2.05) is 0 Å². The molecule has 0 spiro atoms. The molecule has 0 N–H and O–H groups in total. The fourth-order valence-corrected chi connectivity index (χ4v) is 3.68. The van der Waals surface area contributed by atoms with Gasteiger partial charge in [-0.2, -0.15) is 0 Å². The Morgan fingerprint density at radius 3 is 1.52 bits per heavy atom. The van der Waals surface area contributed by atoms with E-state index >= 15 is 0 Å². The van der Waals surface area contributed by atoms with E-state index in [4.69, 9.17) is 9.05 Å². The maximum Gasteiger partial charge on any atom is 0.462 e. The van der Waals surface area contributed by atoms with Crippen molar-refractivity contribution in [3.05, 3.63) is 90.2 Å². The summed E-state index contributed by atoms with van der Waals surface area (Å²) in [4.78, 5) is 0. The van der Waals surface area contributed by atoms with Crippen LogP contribution in [0.5, 0.6) is 11.5 Å². The van der Waals surface area contributed by atoms with Crippen LogP contribution in [0.4, 0.5) is 13.2 Å². The Bertz CT molecular complexity index is 895. The SMILES string of the molecule is O=P(Oc1cccc(F)c1)(Oc1cccc(F)c1)c1cccc(F)c1. The Morgan fingerprint density at radius 1 is 0.640 bits per heavy atom. The average molecular weight is 364 g/mol. The lowest BCUT2D eigenvalue weighted by Gasteiger charge is -2.20. The quantitative estimate of drug-likeness (QED) is 0.592. The first-order chi connectivity index (χ1) is 11.9. The number of rotatable bonds is 5. The molecule has 0 aliphatic heterocycles. The van der Waals surface area contributed by atoms with Gasteiger partial charge in [-0.15, -0.1) is 0 Å². The van der Waals surface area contributed by atoms with Gasteiger partial charge >= 0.3 is 7.60 Å². The van der Waals surface area contributed by atoms with Gasteiger partial charge in [-0.1, -0.05) is 18.2 Å². The van der Waals surface area contributed by atoms with Crippen LogP contribution in [0.25, 0.3) is 0 Å². The van der Waals surface area contributed by atoms with Gasteiger partial charge in [0.05, 0.1) is 5.30 Å². The highest BCUT2D eigenvalue weighted by atomic mass is 31.2. The predicted octanol–water partition coefficient (Wildman–Crippen LogP) is 5.08. The van der Waals surface area contributed by atoms with Crippen LogP contribution < -0.4 is 14.4 Å². The lowest BCUT2D eigenvalue weighted by Crippen LogP contribution is -2.15. The van der Waals surface area contributed by atoms with Gasteiger partial charge in [0, 0.05) is 12.1 Å². The van der Waals surface area contributed by atoms with Crippen LogP contribution in [0, 0.1) is 17.5 Å². The van der Waals surface area contributed by atoms with Crippen LogP contribution in [0.3, 0.4) is 0 Å². The molecule has 0 amide bonds. The molecule has 0 aliphatic rings. The number of hydrogen-bond donors (Lipinski definition) is 0. The molecule has 3 aromatic carbocycles. The fraction of sp³-hybridized carbons (Fsp3) is 0. The zero-order valence-corrected chi connectivity index (χ0v) is 13.6. The van der Waals surface area contributed by atoms with Crippen LogP contribution >= 0.6 is 7.60 Å². The third-order valence-electron chi connectivity index (χ3n) is 3.17. The molecule has 0 saturated heterocycles.